The number of nitrogens with zero attached hydrogens (tertiary/aromatic N) is 2. The van der Waals surface area contributed by atoms with Crippen molar-refractivity contribution in [1.29, 1.82) is 0 Å². The fraction of sp³-hybridized carbons (Fsp3) is 0.625. The standard InChI is InChI=1S/C16H25N3O2/c1-16(2,3)21-12-15(20)18-13-7-8-14(17-11-13)19-9-5-4-6-10-19/h7-8,11H,4-6,9-10,12H2,1-3H3,(H,18,20). The number of hydrogen-bond donors (Lipinski definition) is 1. The summed E-state index contributed by atoms with van der Waals surface area (Å²) in [7, 11) is 0. The molecule has 1 aromatic heterocycles. The topological polar surface area (TPSA) is 54.5 Å². The molecule has 1 aliphatic heterocycles. The molecule has 2 heterocycles. The van der Waals surface area contributed by atoms with Crippen LogP contribution < -0.4 is 10.2 Å². The number of aromatic nitrogens is 1. The third kappa shape index (κ3) is 5.34. The molecule has 1 aliphatic rings. The van der Waals surface area contributed by atoms with Gasteiger partial charge in [-0.15, -0.1) is 0 Å². The van der Waals surface area contributed by atoms with Crippen LogP contribution in [0, 0.1) is 0 Å². The third-order valence-corrected chi connectivity index (χ3v) is 3.35. The number of carbonyl (C=O) groups is 1. The Morgan fingerprint density at radius 3 is 2.57 bits per heavy atom. The highest BCUT2D eigenvalue weighted by atomic mass is 16.5. The quantitative estimate of drug-likeness (QED) is 0.927. The van der Waals surface area contributed by atoms with E-state index in [-0.39, 0.29) is 18.1 Å². The zero-order valence-electron chi connectivity index (χ0n) is 13.2. The fourth-order valence-corrected chi connectivity index (χ4v) is 2.25. The Balaban J connectivity index is 1.85. The number of anilines is 2. The third-order valence-electron chi connectivity index (χ3n) is 3.35. The molecule has 21 heavy (non-hydrogen) atoms. The first kappa shape index (κ1) is 15.8. The number of pyridine rings is 1. The van der Waals surface area contributed by atoms with Crippen molar-refractivity contribution in [3.63, 3.8) is 0 Å². The van der Waals surface area contributed by atoms with Crippen LogP contribution in [0.5, 0.6) is 0 Å². The summed E-state index contributed by atoms with van der Waals surface area (Å²) >= 11 is 0. The number of carbonyl (C=O) groups excluding carboxylic acids is 1. The minimum atomic E-state index is -0.312. The molecule has 0 unspecified atom stereocenters. The minimum absolute atomic E-state index is 0.0530. The van der Waals surface area contributed by atoms with E-state index in [4.69, 9.17) is 4.74 Å². The number of hydrogen-bond acceptors (Lipinski definition) is 4. The van der Waals surface area contributed by atoms with E-state index in [1.54, 1.807) is 6.20 Å². The molecule has 5 nitrogen and oxygen atoms in total. The molecule has 116 valence electrons. The van der Waals surface area contributed by atoms with E-state index in [1.165, 1.54) is 19.3 Å². The van der Waals surface area contributed by atoms with Gasteiger partial charge in [0.05, 0.1) is 17.5 Å². The van der Waals surface area contributed by atoms with Crippen molar-refractivity contribution in [3.05, 3.63) is 18.3 Å². The van der Waals surface area contributed by atoms with Gasteiger partial charge in [0, 0.05) is 13.1 Å². The van der Waals surface area contributed by atoms with Crippen LogP contribution in [0.15, 0.2) is 18.3 Å². The summed E-state index contributed by atoms with van der Waals surface area (Å²) in [5, 5.41) is 2.80. The van der Waals surface area contributed by atoms with Crippen molar-refractivity contribution in [1.82, 2.24) is 4.98 Å². The molecule has 1 amide bonds. The maximum absolute atomic E-state index is 11.8. The molecule has 0 aliphatic carbocycles. The van der Waals surface area contributed by atoms with Gasteiger partial charge in [0.2, 0.25) is 5.91 Å². The summed E-state index contributed by atoms with van der Waals surface area (Å²) < 4.78 is 5.44. The van der Waals surface area contributed by atoms with Gasteiger partial charge < -0.3 is 15.0 Å². The van der Waals surface area contributed by atoms with Crippen molar-refractivity contribution < 1.29 is 9.53 Å². The van der Waals surface area contributed by atoms with Crippen molar-refractivity contribution in [2.45, 2.75) is 45.6 Å². The molecule has 1 fully saturated rings. The second-order valence-corrected chi connectivity index (χ2v) is 6.40. The van der Waals surface area contributed by atoms with Gasteiger partial charge in [-0.3, -0.25) is 4.79 Å². The Labute approximate surface area is 126 Å². The lowest BCUT2D eigenvalue weighted by Crippen LogP contribution is -2.30. The maximum Gasteiger partial charge on any atom is 0.250 e. The average Bonchev–Trinajstić information content (AvgIpc) is 2.46. The molecular weight excluding hydrogens is 266 g/mol. The number of rotatable bonds is 4. The molecule has 0 atom stereocenters. The molecule has 5 heteroatoms. The van der Waals surface area contributed by atoms with Gasteiger partial charge >= 0.3 is 0 Å². The second-order valence-electron chi connectivity index (χ2n) is 6.40. The normalized spacial score (nSPS) is 15.9. The van der Waals surface area contributed by atoms with E-state index in [0.29, 0.717) is 5.69 Å². The highest BCUT2D eigenvalue weighted by molar-refractivity contribution is 5.91. The number of nitrogens with one attached hydrogen (secondary N) is 1. The predicted molar refractivity (Wildman–Crippen MR) is 84.6 cm³/mol. The largest absolute Gasteiger partial charge is 0.366 e. The van der Waals surface area contributed by atoms with E-state index in [9.17, 15) is 4.79 Å². The van der Waals surface area contributed by atoms with Gasteiger partial charge in [0.1, 0.15) is 12.4 Å². The summed E-state index contributed by atoms with van der Waals surface area (Å²) in [5.74, 6) is 0.830. The molecule has 0 bridgehead atoms. The Hall–Kier alpha value is -1.62. The number of piperidine rings is 1. The zero-order chi connectivity index (χ0) is 15.3. The monoisotopic (exact) mass is 291 g/mol. The molecule has 1 aromatic rings. The Morgan fingerprint density at radius 1 is 1.29 bits per heavy atom. The molecule has 2 rings (SSSR count). The minimum Gasteiger partial charge on any atom is -0.366 e. The second kappa shape index (κ2) is 6.89. The number of ether oxygens (including phenoxy) is 1. The SMILES string of the molecule is CC(C)(C)OCC(=O)Nc1ccc(N2CCCCC2)nc1. The van der Waals surface area contributed by atoms with Gasteiger partial charge in [-0.2, -0.15) is 0 Å². The average molecular weight is 291 g/mol. The van der Waals surface area contributed by atoms with Crippen molar-refractivity contribution in [2.75, 3.05) is 29.9 Å². The fourth-order valence-electron chi connectivity index (χ4n) is 2.25. The highest BCUT2D eigenvalue weighted by Gasteiger charge is 2.14. The van der Waals surface area contributed by atoms with Crippen LogP contribution in [-0.2, 0) is 9.53 Å². The van der Waals surface area contributed by atoms with Crippen molar-refractivity contribution in [2.24, 2.45) is 0 Å². The lowest BCUT2D eigenvalue weighted by molar-refractivity contribution is -0.125. The van der Waals surface area contributed by atoms with Crippen LogP contribution in [0.2, 0.25) is 0 Å². The first-order valence-electron chi connectivity index (χ1n) is 7.59. The molecule has 0 aromatic carbocycles. The molecule has 0 spiro atoms. The van der Waals surface area contributed by atoms with Crippen LogP contribution in [0.1, 0.15) is 40.0 Å². The highest BCUT2D eigenvalue weighted by Crippen LogP contribution is 2.19. The van der Waals surface area contributed by atoms with Gasteiger partial charge in [0.15, 0.2) is 0 Å². The van der Waals surface area contributed by atoms with Gasteiger partial charge in [-0.1, -0.05) is 0 Å². The van der Waals surface area contributed by atoms with Gasteiger partial charge in [-0.05, 0) is 52.2 Å². The number of amides is 1. The van der Waals surface area contributed by atoms with Crippen molar-refractivity contribution in [3.8, 4) is 0 Å². The lowest BCUT2D eigenvalue weighted by atomic mass is 10.1. The molecular formula is C16H25N3O2. The molecule has 1 saturated heterocycles. The van der Waals surface area contributed by atoms with Crippen LogP contribution in [0.3, 0.4) is 0 Å². The predicted octanol–water partition coefficient (Wildman–Crippen LogP) is 2.83. The van der Waals surface area contributed by atoms with Crippen LogP contribution in [0.4, 0.5) is 11.5 Å². The molecule has 1 N–H and O–H groups in total. The van der Waals surface area contributed by atoms with Crippen LogP contribution in [0.25, 0.3) is 0 Å². The summed E-state index contributed by atoms with van der Waals surface area (Å²) in [6.07, 6.45) is 5.46. The van der Waals surface area contributed by atoms with E-state index < -0.39 is 0 Å². The van der Waals surface area contributed by atoms with E-state index in [1.807, 2.05) is 32.9 Å². The Kier molecular flexibility index (Phi) is 5.17. The van der Waals surface area contributed by atoms with Gasteiger partial charge in [0.25, 0.3) is 0 Å². The summed E-state index contributed by atoms with van der Waals surface area (Å²) in [6, 6.07) is 3.86. The molecule has 0 radical (unpaired) electrons. The Bertz CT molecular complexity index is 459. The van der Waals surface area contributed by atoms with Crippen LogP contribution in [-0.4, -0.2) is 36.2 Å². The zero-order valence-corrected chi connectivity index (χ0v) is 13.2. The summed E-state index contributed by atoms with van der Waals surface area (Å²) in [6.45, 7) is 7.97. The molecule has 0 saturated carbocycles. The van der Waals surface area contributed by atoms with E-state index in [2.05, 4.69) is 15.2 Å². The first-order valence-corrected chi connectivity index (χ1v) is 7.59. The first-order chi connectivity index (χ1) is 9.94. The van der Waals surface area contributed by atoms with E-state index >= 15 is 0 Å². The van der Waals surface area contributed by atoms with Crippen molar-refractivity contribution >= 4 is 17.4 Å². The lowest BCUT2D eigenvalue weighted by Gasteiger charge is -2.27. The van der Waals surface area contributed by atoms with Gasteiger partial charge in [-0.25, -0.2) is 4.98 Å². The summed E-state index contributed by atoms with van der Waals surface area (Å²) in [4.78, 5) is 18.5. The Morgan fingerprint density at radius 2 is 2.00 bits per heavy atom. The maximum atomic E-state index is 11.8. The summed E-state index contributed by atoms with van der Waals surface area (Å²) in [5.41, 5.74) is 0.395. The van der Waals surface area contributed by atoms with Crippen LogP contribution >= 0.6 is 0 Å². The van der Waals surface area contributed by atoms with E-state index in [0.717, 1.165) is 18.9 Å². The smallest absolute Gasteiger partial charge is 0.250 e.